The maximum absolute atomic E-state index is 9.97. The number of benzene rings is 1. The summed E-state index contributed by atoms with van der Waals surface area (Å²) >= 11 is 0. The number of β-amino-alcohol motifs (C(OH)–C–C–N with tert-alkyl or cyclic N) is 1. The molecule has 0 aliphatic heterocycles. The van der Waals surface area contributed by atoms with Gasteiger partial charge in [-0.15, -0.1) is 0 Å². The minimum Gasteiger partial charge on any atom is -0.508 e. The number of hydrogen-bond acceptors (Lipinski definition) is 4. The normalized spacial score (nSPS) is 19.6. The lowest BCUT2D eigenvalue weighted by Crippen LogP contribution is -2.49. The summed E-state index contributed by atoms with van der Waals surface area (Å²) in [6, 6.07) is 4.18. The number of nitrogens with one attached hydrogen (secondary N) is 1. The lowest BCUT2D eigenvalue weighted by atomic mass is 9.78. The predicted octanol–water partition coefficient (Wildman–Crippen LogP) is 1.66. The molecule has 0 radical (unpaired) electrons. The molecule has 0 saturated heterocycles. The SMILES string of the molecule is CC1(NCC(O)c2cc(O)cc(O)c2)CCC1. The minimum atomic E-state index is -0.717. The number of phenols is 2. The van der Waals surface area contributed by atoms with Gasteiger partial charge in [0.05, 0.1) is 6.10 Å². The maximum atomic E-state index is 9.97. The fraction of sp³-hybridized carbons (Fsp3) is 0.538. The Morgan fingerprint density at radius 1 is 1.24 bits per heavy atom. The van der Waals surface area contributed by atoms with Crippen LogP contribution in [0.5, 0.6) is 11.5 Å². The van der Waals surface area contributed by atoms with Crippen molar-refractivity contribution in [2.75, 3.05) is 6.54 Å². The Morgan fingerprint density at radius 3 is 2.29 bits per heavy atom. The zero-order valence-electron chi connectivity index (χ0n) is 9.98. The maximum Gasteiger partial charge on any atom is 0.119 e. The summed E-state index contributed by atoms with van der Waals surface area (Å²) in [4.78, 5) is 0. The molecular weight excluding hydrogens is 218 g/mol. The molecule has 94 valence electrons. The zero-order chi connectivity index (χ0) is 12.5. The van der Waals surface area contributed by atoms with Gasteiger partial charge in [-0.1, -0.05) is 0 Å². The number of hydrogen-bond donors (Lipinski definition) is 4. The first-order chi connectivity index (χ1) is 7.98. The summed E-state index contributed by atoms with van der Waals surface area (Å²) in [7, 11) is 0. The average molecular weight is 237 g/mol. The van der Waals surface area contributed by atoms with Crippen molar-refractivity contribution in [3.05, 3.63) is 23.8 Å². The largest absolute Gasteiger partial charge is 0.508 e. The molecule has 4 nitrogen and oxygen atoms in total. The van der Waals surface area contributed by atoms with Crippen LogP contribution >= 0.6 is 0 Å². The van der Waals surface area contributed by atoms with Crippen molar-refractivity contribution in [2.45, 2.75) is 37.8 Å². The van der Waals surface area contributed by atoms with Crippen molar-refractivity contribution in [1.29, 1.82) is 0 Å². The van der Waals surface area contributed by atoms with E-state index >= 15 is 0 Å². The molecule has 1 fully saturated rings. The molecule has 1 atom stereocenters. The van der Waals surface area contributed by atoms with Gasteiger partial charge in [-0.2, -0.15) is 0 Å². The standard InChI is InChI=1S/C13H19NO3/c1-13(3-2-4-13)14-8-12(17)9-5-10(15)7-11(16)6-9/h5-7,12,14-17H,2-4,8H2,1H3. The lowest BCUT2D eigenvalue weighted by molar-refractivity contribution is 0.132. The van der Waals surface area contributed by atoms with E-state index < -0.39 is 6.10 Å². The van der Waals surface area contributed by atoms with E-state index in [4.69, 9.17) is 0 Å². The third kappa shape index (κ3) is 2.90. The second-order valence-electron chi connectivity index (χ2n) is 5.09. The number of phenolic OH excluding ortho intramolecular Hbond substituents is 2. The third-order valence-corrected chi connectivity index (χ3v) is 3.49. The van der Waals surface area contributed by atoms with Crippen molar-refractivity contribution in [2.24, 2.45) is 0 Å². The van der Waals surface area contributed by atoms with Gasteiger partial charge in [-0.3, -0.25) is 0 Å². The fourth-order valence-electron chi connectivity index (χ4n) is 2.16. The van der Waals surface area contributed by atoms with Crippen LogP contribution in [-0.4, -0.2) is 27.4 Å². The van der Waals surface area contributed by atoms with E-state index in [0.29, 0.717) is 12.1 Å². The van der Waals surface area contributed by atoms with Gasteiger partial charge in [0.2, 0.25) is 0 Å². The number of aliphatic hydroxyl groups excluding tert-OH is 1. The third-order valence-electron chi connectivity index (χ3n) is 3.49. The molecule has 17 heavy (non-hydrogen) atoms. The van der Waals surface area contributed by atoms with Crippen LogP contribution in [0.2, 0.25) is 0 Å². The molecule has 1 unspecified atom stereocenters. The monoisotopic (exact) mass is 237 g/mol. The highest BCUT2D eigenvalue weighted by atomic mass is 16.3. The molecular formula is C13H19NO3. The molecule has 1 aromatic carbocycles. The first-order valence-electron chi connectivity index (χ1n) is 5.95. The van der Waals surface area contributed by atoms with Crippen molar-refractivity contribution in [3.63, 3.8) is 0 Å². The predicted molar refractivity (Wildman–Crippen MR) is 65.0 cm³/mol. The van der Waals surface area contributed by atoms with Gasteiger partial charge in [0.25, 0.3) is 0 Å². The average Bonchev–Trinajstić information content (AvgIpc) is 2.22. The summed E-state index contributed by atoms with van der Waals surface area (Å²) < 4.78 is 0. The zero-order valence-corrected chi connectivity index (χ0v) is 9.98. The van der Waals surface area contributed by atoms with E-state index in [1.165, 1.54) is 24.6 Å². The lowest BCUT2D eigenvalue weighted by Gasteiger charge is -2.40. The topological polar surface area (TPSA) is 72.7 Å². The number of rotatable bonds is 4. The molecule has 4 N–H and O–H groups in total. The van der Waals surface area contributed by atoms with Crippen LogP contribution in [0.1, 0.15) is 37.9 Å². The molecule has 2 rings (SSSR count). The van der Waals surface area contributed by atoms with Crippen LogP contribution < -0.4 is 5.32 Å². The van der Waals surface area contributed by atoms with Crippen LogP contribution in [0.15, 0.2) is 18.2 Å². The van der Waals surface area contributed by atoms with E-state index in [9.17, 15) is 15.3 Å². The van der Waals surface area contributed by atoms with Crippen LogP contribution in [0, 0.1) is 0 Å². The summed E-state index contributed by atoms with van der Waals surface area (Å²) in [6.07, 6.45) is 2.77. The summed E-state index contributed by atoms with van der Waals surface area (Å²) in [6.45, 7) is 2.57. The fourth-order valence-corrected chi connectivity index (χ4v) is 2.16. The smallest absolute Gasteiger partial charge is 0.119 e. The molecule has 0 aromatic heterocycles. The molecule has 0 heterocycles. The van der Waals surface area contributed by atoms with E-state index in [-0.39, 0.29) is 17.0 Å². The summed E-state index contributed by atoms with van der Waals surface area (Å²) in [5.74, 6) is -0.0668. The molecule has 0 amide bonds. The Hall–Kier alpha value is -1.26. The van der Waals surface area contributed by atoms with Crippen molar-refractivity contribution in [3.8, 4) is 11.5 Å². The van der Waals surface area contributed by atoms with Crippen molar-refractivity contribution >= 4 is 0 Å². The quantitative estimate of drug-likeness (QED) is 0.642. The number of aromatic hydroxyl groups is 2. The molecule has 1 aliphatic rings. The van der Waals surface area contributed by atoms with E-state index in [2.05, 4.69) is 12.2 Å². The molecule has 0 bridgehead atoms. The van der Waals surface area contributed by atoms with Crippen LogP contribution in [-0.2, 0) is 0 Å². The number of aliphatic hydroxyl groups is 1. The summed E-state index contributed by atoms with van der Waals surface area (Å²) in [5, 5.41) is 32.0. The van der Waals surface area contributed by atoms with E-state index in [1.807, 2.05) is 0 Å². The van der Waals surface area contributed by atoms with Gasteiger partial charge in [0.15, 0.2) is 0 Å². The first-order valence-corrected chi connectivity index (χ1v) is 5.95. The second kappa shape index (κ2) is 4.55. The van der Waals surface area contributed by atoms with Gasteiger partial charge >= 0.3 is 0 Å². The second-order valence-corrected chi connectivity index (χ2v) is 5.09. The molecule has 0 spiro atoms. The highest BCUT2D eigenvalue weighted by molar-refractivity contribution is 5.37. The highest BCUT2D eigenvalue weighted by Crippen LogP contribution is 2.31. The van der Waals surface area contributed by atoms with E-state index in [1.54, 1.807) is 0 Å². The Balaban J connectivity index is 1.96. The molecule has 1 aromatic rings. The van der Waals surface area contributed by atoms with Gasteiger partial charge < -0.3 is 20.6 Å². The Labute approximate surface area is 101 Å². The van der Waals surface area contributed by atoms with Gasteiger partial charge in [0.1, 0.15) is 11.5 Å². The first kappa shape index (κ1) is 12.2. The Bertz CT molecular complexity index is 381. The molecule has 4 heteroatoms. The van der Waals surface area contributed by atoms with Gasteiger partial charge in [-0.25, -0.2) is 0 Å². The molecule has 1 saturated carbocycles. The van der Waals surface area contributed by atoms with Crippen molar-refractivity contribution < 1.29 is 15.3 Å². The van der Waals surface area contributed by atoms with Crippen LogP contribution in [0.25, 0.3) is 0 Å². The Morgan fingerprint density at radius 2 is 1.82 bits per heavy atom. The molecule has 1 aliphatic carbocycles. The van der Waals surface area contributed by atoms with Gasteiger partial charge in [0, 0.05) is 18.2 Å². The highest BCUT2D eigenvalue weighted by Gasteiger charge is 2.31. The van der Waals surface area contributed by atoms with Crippen molar-refractivity contribution in [1.82, 2.24) is 5.32 Å². The van der Waals surface area contributed by atoms with Crippen LogP contribution in [0.3, 0.4) is 0 Å². The van der Waals surface area contributed by atoms with E-state index in [0.717, 1.165) is 12.8 Å². The van der Waals surface area contributed by atoms with Crippen LogP contribution in [0.4, 0.5) is 0 Å². The van der Waals surface area contributed by atoms with Gasteiger partial charge in [-0.05, 0) is 43.9 Å². The summed E-state index contributed by atoms with van der Waals surface area (Å²) in [5.41, 5.74) is 0.665. The Kier molecular flexibility index (Phi) is 3.26. The minimum absolute atomic E-state index is 0.0334.